The van der Waals surface area contributed by atoms with Gasteiger partial charge >= 0.3 is 0 Å². The van der Waals surface area contributed by atoms with Crippen LogP contribution in [0.2, 0.25) is 0 Å². The van der Waals surface area contributed by atoms with Gasteiger partial charge in [0.15, 0.2) is 5.90 Å². The van der Waals surface area contributed by atoms with Gasteiger partial charge in [0.2, 0.25) is 0 Å². The van der Waals surface area contributed by atoms with Crippen molar-refractivity contribution < 1.29 is 17.3 Å². The number of thioether (sulfide) groups is 1. The highest BCUT2D eigenvalue weighted by molar-refractivity contribution is 7.98. The first kappa shape index (κ1) is 15.3. The van der Waals surface area contributed by atoms with Gasteiger partial charge in [0.05, 0.1) is 12.9 Å². The van der Waals surface area contributed by atoms with Gasteiger partial charge in [-0.1, -0.05) is 12.1 Å². The Morgan fingerprint density at radius 1 is 1.35 bits per heavy atom. The molecule has 1 aromatic carbocycles. The molecule has 1 aliphatic rings. The molecular formula is C13H17NO4S2. The van der Waals surface area contributed by atoms with Crippen LogP contribution in [0.1, 0.15) is 18.6 Å². The van der Waals surface area contributed by atoms with E-state index in [0.717, 1.165) is 16.7 Å². The highest BCUT2D eigenvalue weighted by atomic mass is 32.2. The van der Waals surface area contributed by atoms with E-state index in [2.05, 4.69) is 4.99 Å². The third-order valence-corrected chi connectivity index (χ3v) is 4.20. The molecule has 0 radical (unpaired) electrons. The number of hydrogen-bond acceptors (Lipinski definition) is 6. The van der Waals surface area contributed by atoms with Gasteiger partial charge in [-0.2, -0.15) is 8.42 Å². The Balaban J connectivity index is 2.12. The fourth-order valence-electron chi connectivity index (χ4n) is 2.00. The smallest absolute Gasteiger partial charge is 0.264 e. The first-order chi connectivity index (χ1) is 9.39. The quantitative estimate of drug-likeness (QED) is 0.616. The minimum atomic E-state index is -3.47. The minimum absolute atomic E-state index is 0.00881. The zero-order chi connectivity index (χ0) is 14.8. The van der Waals surface area contributed by atoms with Gasteiger partial charge in [-0.25, -0.2) is 4.99 Å². The molecule has 1 unspecified atom stereocenters. The Bertz CT molecular complexity index is 595. The van der Waals surface area contributed by atoms with Crippen LogP contribution in [0.15, 0.2) is 34.2 Å². The summed E-state index contributed by atoms with van der Waals surface area (Å²) in [5.74, 6) is 0.547. The van der Waals surface area contributed by atoms with Crippen molar-refractivity contribution in [3.05, 3.63) is 29.8 Å². The molecule has 1 aliphatic heterocycles. The summed E-state index contributed by atoms with van der Waals surface area (Å²) in [6, 6.07) is 7.61. The van der Waals surface area contributed by atoms with E-state index in [9.17, 15) is 8.42 Å². The maximum atomic E-state index is 11.1. The maximum absolute atomic E-state index is 11.1. The molecule has 2 atom stereocenters. The van der Waals surface area contributed by atoms with Crippen molar-refractivity contribution in [3.8, 4) is 0 Å². The molecule has 0 bridgehead atoms. The Kier molecular flexibility index (Phi) is 4.72. The summed E-state index contributed by atoms with van der Waals surface area (Å²) >= 11 is 1.66. The fraction of sp³-hybridized carbons (Fsp3) is 0.462. The topological polar surface area (TPSA) is 65.0 Å². The lowest BCUT2D eigenvalue weighted by atomic mass is 10.0. The molecule has 0 saturated heterocycles. The van der Waals surface area contributed by atoms with Gasteiger partial charge in [0.25, 0.3) is 10.1 Å². The molecule has 110 valence electrons. The van der Waals surface area contributed by atoms with Crippen molar-refractivity contribution in [2.75, 3.05) is 19.1 Å². The molecule has 0 spiro atoms. The van der Waals surface area contributed by atoms with Crippen molar-refractivity contribution in [3.63, 3.8) is 0 Å². The second-order valence-corrected chi connectivity index (χ2v) is 7.04. The summed E-state index contributed by atoms with van der Waals surface area (Å²) in [4.78, 5) is 5.45. The maximum Gasteiger partial charge on any atom is 0.264 e. The van der Waals surface area contributed by atoms with E-state index in [1.165, 1.54) is 0 Å². The number of aliphatic imine (C=N–C) groups is 1. The average Bonchev–Trinajstić information content (AvgIpc) is 2.77. The molecule has 0 amide bonds. The number of benzene rings is 1. The van der Waals surface area contributed by atoms with E-state index >= 15 is 0 Å². The van der Waals surface area contributed by atoms with Crippen molar-refractivity contribution in [1.82, 2.24) is 0 Å². The van der Waals surface area contributed by atoms with Crippen LogP contribution in [-0.2, 0) is 19.0 Å². The molecule has 0 aromatic heterocycles. The van der Waals surface area contributed by atoms with Crippen molar-refractivity contribution in [2.45, 2.75) is 24.0 Å². The second-order valence-electron chi connectivity index (χ2n) is 4.52. The number of nitrogens with zero attached hydrogens (tertiary/aromatic N) is 1. The minimum Gasteiger partial charge on any atom is -0.471 e. The Hall–Kier alpha value is -1.05. The fourth-order valence-corrected chi connectivity index (χ4v) is 2.79. The monoisotopic (exact) mass is 315 g/mol. The third-order valence-electron chi connectivity index (χ3n) is 2.89. The van der Waals surface area contributed by atoms with Gasteiger partial charge < -0.3 is 4.74 Å². The third kappa shape index (κ3) is 3.97. The Morgan fingerprint density at radius 3 is 2.55 bits per heavy atom. The van der Waals surface area contributed by atoms with Crippen LogP contribution in [0.25, 0.3) is 0 Å². The van der Waals surface area contributed by atoms with Gasteiger partial charge in [-0.05, 0) is 24.0 Å². The van der Waals surface area contributed by atoms with E-state index in [1.54, 1.807) is 18.7 Å². The number of hydrogen-bond donors (Lipinski definition) is 0. The van der Waals surface area contributed by atoms with Gasteiger partial charge in [0, 0.05) is 11.8 Å². The Labute approximate surface area is 123 Å². The molecule has 1 aromatic rings. The van der Waals surface area contributed by atoms with Gasteiger partial charge in [0.1, 0.15) is 12.1 Å². The molecule has 2 rings (SSSR count). The normalized spacial score (nSPS) is 22.4. The molecule has 0 aliphatic carbocycles. The summed E-state index contributed by atoms with van der Waals surface area (Å²) < 4.78 is 32.7. The molecule has 20 heavy (non-hydrogen) atoms. The first-order valence-electron chi connectivity index (χ1n) is 6.08. The van der Waals surface area contributed by atoms with Crippen molar-refractivity contribution in [2.24, 2.45) is 4.99 Å². The second kappa shape index (κ2) is 6.15. The van der Waals surface area contributed by atoms with E-state index in [4.69, 9.17) is 8.92 Å². The highest BCUT2D eigenvalue weighted by Crippen LogP contribution is 2.30. The molecule has 5 nitrogen and oxygen atoms in total. The summed E-state index contributed by atoms with van der Waals surface area (Å²) in [5, 5.41) is 0. The first-order valence-corrected chi connectivity index (χ1v) is 9.12. The van der Waals surface area contributed by atoms with E-state index in [-0.39, 0.29) is 18.8 Å². The lowest BCUT2D eigenvalue weighted by molar-refractivity contribution is 0.161. The van der Waals surface area contributed by atoms with Crippen molar-refractivity contribution >= 4 is 27.8 Å². The van der Waals surface area contributed by atoms with Crippen LogP contribution in [0.4, 0.5) is 0 Å². The lowest BCUT2D eigenvalue weighted by Crippen LogP contribution is -2.22. The Morgan fingerprint density at radius 2 is 2.00 bits per heavy atom. The van der Waals surface area contributed by atoms with Crippen LogP contribution in [0.5, 0.6) is 0 Å². The van der Waals surface area contributed by atoms with Crippen LogP contribution in [-0.4, -0.2) is 39.5 Å². The number of rotatable bonds is 5. The highest BCUT2D eigenvalue weighted by Gasteiger charge is 2.31. The average molecular weight is 315 g/mol. The molecule has 0 N–H and O–H groups in total. The molecular weight excluding hydrogens is 298 g/mol. The zero-order valence-electron chi connectivity index (χ0n) is 11.6. The zero-order valence-corrected chi connectivity index (χ0v) is 13.2. The SMILES string of the molecule is CSc1ccc([C@H]2OC(C)=NC2COS(C)(=O)=O)cc1. The summed E-state index contributed by atoms with van der Waals surface area (Å²) in [6.45, 7) is 1.74. The van der Waals surface area contributed by atoms with Crippen LogP contribution in [0.3, 0.4) is 0 Å². The summed E-state index contributed by atoms with van der Waals surface area (Å²) in [7, 11) is -3.47. The molecule has 7 heteroatoms. The predicted octanol–water partition coefficient (Wildman–Crippen LogP) is 2.24. The van der Waals surface area contributed by atoms with Gasteiger partial charge in [-0.3, -0.25) is 4.18 Å². The lowest BCUT2D eigenvalue weighted by Gasteiger charge is -2.17. The van der Waals surface area contributed by atoms with E-state index in [1.807, 2.05) is 30.5 Å². The largest absolute Gasteiger partial charge is 0.471 e. The molecule has 0 fully saturated rings. The summed E-state index contributed by atoms with van der Waals surface area (Å²) in [6.07, 6.45) is 2.74. The van der Waals surface area contributed by atoms with Crippen LogP contribution in [0, 0.1) is 0 Å². The summed E-state index contributed by atoms with van der Waals surface area (Å²) in [5.41, 5.74) is 0.963. The standard InChI is InChI=1S/C13H17NO4S2/c1-9-14-12(8-17-20(3,15)16)13(18-9)10-4-6-11(19-2)7-5-10/h4-7,12-13H,8H2,1-3H3/t12?,13-/m1/s1. The molecule has 1 heterocycles. The van der Waals surface area contributed by atoms with Gasteiger partial charge in [-0.15, -0.1) is 11.8 Å². The predicted molar refractivity (Wildman–Crippen MR) is 79.7 cm³/mol. The van der Waals surface area contributed by atoms with Crippen molar-refractivity contribution in [1.29, 1.82) is 0 Å². The van der Waals surface area contributed by atoms with E-state index in [0.29, 0.717) is 5.90 Å². The number of ether oxygens (including phenoxy) is 1. The van der Waals surface area contributed by atoms with E-state index < -0.39 is 10.1 Å². The van der Waals surface area contributed by atoms with Crippen LogP contribution < -0.4 is 0 Å². The van der Waals surface area contributed by atoms with Crippen LogP contribution >= 0.6 is 11.8 Å². The molecule has 0 saturated carbocycles.